The fourth-order valence-electron chi connectivity index (χ4n) is 10.5. The van der Waals surface area contributed by atoms with Gasteiger partial charge < -0.3 is 4.57 Å². The predicted molar refractivity (Wildman–Crippen MR) is 295 cm³/mol. The van der Waals surface area contributed by atoms with E-state index in [0.717, 1.165) is 66.0 Å². The first-order valence-electron chi connectivity index (χ1n) is 23.7. The molecule has 0 aliphatic heterocycles. The summed E-state index contributed by atoms with van der Waals surface area (Å²) in [5, 5.41) is 9.62. The van der Waals surface area contributed by atoms with E-state index < -0.39 is 0 Å². The zero-order valence-electron chi connectivity index (χ0n) is 37.8. The van der Waals surface area contributed by atoms with Gasteiger partial charge in [0.1, 0.15) is 0 Å². The Kier molecular flexibility index (Phi) is 9.36. The molecule has 0 aliphatic rings. The maximum Gasteiger partial charge on any atom is 0.165 e. The normalized spacial score (nSPS) is 11.7. The van der Waals surface area contributed by atoms with E-state index in [0.29, 0.717) is 17.5 Å². The Hall–Kier alpha value is -9.03. The van der Waals surface area contributed by atoms with E-state index >= 15 is 0 Å². The average Bonchev–Trinajstić information content (AvgIpc) is 3.98. The molecule has 0 atom stereocenters. The van der Waals surface area contributed by atoms with Crippen molar-refractivity contribution in [1.82, 2.24) is 19.5 Å². The molecule has 0 saturated carbocycles. The molecular weight excluding hydrogens is 869 g/mol. The minimum atomic E-state index is 0.602. The molecule has 0 unspecified atom stereocenters. The molecule has 0 spiro atoms. The number of nitrogens with zero attached hydrogens (tertiary/aromatic N) is 4. The molecule has 4 nitrogen and oxygen atoms in total. The summed E-state index contributed by atoms with van der Waals surface area (Å²) >= 11 is 1.79. The lowest BCUT2D eigenvalue weighted by Crippen LogP contribution is -2.04. The van der Waals surface area contributed by atoms with Crippen LogP contribution >= 0.6 is 11.3 Å². The van der Waals surface area contributed by atoms with E-state index in [1.54, 1.807) is 11.3 Å². The summed E-state index contributed by atoms with van der Waals surface area (Å²) in [6.07, 6.45) is 0. The van der Waals surface area contributed by atoms with Gasteiger partial charge in [-0.05, 0) is 80.9 Å². The zero-order chi connectivity index (χ0) is 46.1. The van der Waals surface area contributed by atoms with E-state index in [2.05, 4.69) is 229 Å². The van der Waals surface area contributed by atoms with Crippen molar-refractivity contribution in [2.75, 3.05) is 0 Å². The van der Waals surface area contributed by atoms with Crippen LogP contribution in [0.5, 0.6) is 0 Å². The molecule has 5 heteroatoms. The first kappa shape index (κ1) is 40.1. The summed E-state index contributed by atoms with van der Waals surface area (Å²) in [5.41, 5.74) is 12.8. The topological polar surface area (TPSA) is 43.6 Å². The zero-order valence-corrected chi connectivity index (χ0v) is 38.6. The van der Waals surface area contributed by atoms with E-state index in [-0.39, 0.29) is 0 Å². The Labute approximate surface area is 408 Å². The quantitative estimate of drug-likeness (QED) is 0.160. The highest BCUT2D eigenvalue weighted by molar-refractivity contribution is 7.26. The van der Waals surface area contributed by atoms with E-state index in [4.69, 9.17) is 15.0 Å². The highest BCUT2D eigenvalue weighted by Gasteiger charge is 2.25. The Bertz CT molecular complexity index is 4350. The van der Waals surface area contributed by atoms with Crippen LogP contribution in [0.15, 0.2) is 243 Å². The summed E-state index contributed by atoms with van der Waals surface area (Å²) in [6.45, 7) is 0. The standard InChI is InChI=1S/C65H40N4S/c1-4-18-41(19-5-1)45-27-16-28-48(36-45)56-39-49(64-66-63(44-23-8-3-9-24-44)67-65(68-64)54-32-17-31-53-51-30-14-15-33-59(51)70-62(53)54)38-55(42-20-6-2-7-21-42)61(56)69-58-40-47-26-11-10-25-46(47)37-57(58)52-35-34-43-22-12-13-29-50(43)60(52)69/h1-40H. The van der Waals surface area contributed by atoms with Crippen molar-refractivity contribution in [2.45, 2.75) is 0 Å². The predicted octanol–water partition coefficient (Wildman–Crippen LogP) is 17.6. The second-order valence-electron chi connectivity index (χ2n) is 17.9. The number of thiophene rings is 1. The van der Waals surface area contributed by atoms with Crippen LogP contribution < -0.4 is 0 Å². The van der Waals surface area contributed by atoms with Crippen LogP contribution in [0.4, 0.5) is 0 Å². The van der Waals surface area contributed by atoms with Gasteiger partial charge in [0.05, 0.1) is 16.7 Å². The van der Waals surface area contributed by atoms with E-state index in [9.17, 15) is 0 Å². The summed E-state index contributed by atoms with van der Waals surface area (Å²) in [5.74, 6) is 1.86. The molecule has 0 aliphatic carbocycles. The Morgan fingerprint density at radius 3 is 1.63 bits per heavy atom. The number of hydrogen-bond donors (Lipinski definition) is 0. The minimum Gasteiger partial charge on any atom is -0.307 e. The number of aromatic nitrogens is 4. The third-order valence-electron chi connectivity index (χ3n) is 13.8. The molecule has 14 aromatic rings. The third kappa shape index (κ3) is 6.62. The lowest BCUT2D eigenvalue weighted by Gasteiger charge is -2.22. The first-order valence-corrected chi connectivity index (χ1v) is 24.5. The largest absolute Gasteiger partial charge is 0.307 e. The first-order chi connectivity index (χ1) is 34.7. The maximum atomic E-state index is 5.50. The Morgan fingerprint density at radius 2 is 0.857 bits per heavy atom. The lowest BCUT2D eigenvalue weighted by atomic mass is 9.91. The summed E-state index contributed by atoms with van der Waals surface area (Å²) < 4.78 is 4.94. The third-order valence-corrected chi connectivity index (χ3v) is 15.0. The second kappa shape index (κ2) is 16.3. The summed E-state index contributed by atoms with van der Waals surface area (Å²) in [6, 6.07) is 87.3. The van der Waals surface area contributed by atoms with Gasteiger partial charge in [-0.2, -0.15) is 0 Å². The van der Waals surface area contributed by atoms with Crippen LogP contribution in [0.1, 0.15) is 0 Å². The smallest absolute Gasteiger partial charge is 0.165 e. The molecule has 11 aromatic carbocycles. The molecule has 0 amide bonds. The van der Waals surface area contributed by atoms with Gasteiger partial charge in [-0.3, -0.25) is 0 Å². The van der Waals surface area contributed by atoms with Crippen molar-refractivity contribution >= 4 is 74.9 Å². The maximum absolute atomic E-state index is 5.50. The van der Waals surface area contributed by atoms with E-state index in [1.165, 1.54) is 53.3 Å². The molecule has 0 bridgehead atoms. The van der Waals surface area contributed by atoms with Gasteiger partial charge in [0.15, 0.2) is 17.5 Å². The van der Waals surface area contributed by atoms with Crippen LogP contribution in [-0.4, -0.2) is 19.5 Å². The highest BCUT2D eigenvalue weighted by Crippen LogP contribution is 2.47. The summed E-state index contributed by atoms with van der Waals surface area (Å²) in [4.78, 5) is 16.2. The fraction of sp³-hybridized carbons (Fsp3) is 0. The highest BCUT2D eigenvalue weighted by atomic mass is 32.1. The van der Waals surface area contributed by atoms with Gasteiger partial charge in [-0.1, -0.05) is 200 Å². The number of fused-ring (bicyclic) bond motifs is 9. The SMILES string of the molecule is c1ccc(-c2cccc(-c3cc(-c4nc(-c5ccccc5)nc(-c5cccc6c5sc5ccccc56)n4)cc(-c4ccccc4)c3-n3c4cc5ccccc5cc4c4ccc5ccccc5c43)c2)cc1. The molecule has 3 aromatic heterocycles. The van der Waals surface area contributed by atoms with Gasteiger partial charge in [0.2, 0.25) is 0 Å². The van der Waals surface area contributed by atoms with Crippen LogP contribution in [0.2, 0.25) is 0 Å². The van der Waals surface area contributed by atoms with Gasteiger partial charge >= 0.3 is 0 Å². The van der Waals surface area contributed by atoms with Gasteiger partial charge in [0, 0.05) is 64.1 Å². The molecule has 326 valence electrons. The molecule has 0 N–H and O–H groups in total. The van der Waals surface area contributed by atoms with Gasteiger partial charge in [0.25, 0.3) is 0 Å². The Morgan fingerprint density at radius 1 is 0.300 bits per heavy atom. The van der Waals surface area contributed by atoms with Crippen LogP contribution in [0.3, 0.4) is 0 Å². The molecule has 0 fully saturated rings. The second-order valence-corrected chi connectivity index (χ2v) is 19.0. The van der Waals surface area contributed by atoms with Crippen molar-refractivity contribution in [3.05, 3.63) is 243 Å². The lowest BCUT2D eigenvalue weighted by molar-refractivity contribution is 1.08. The molecular formula is C65H40N4S. The molecule has 0 radical (unpaired) electrons. The monoisotopic (exact) mass is 908 g/mol. The van der Waals surface area contributed by atoms with Crippen molar-refractivity contribution in [3.8, 4) is 73.2 Å². The van der Waals surface area contributed by atoms with Gasteiger partial charge in [-0.25, -0.2) is 15.0 Å². The van der Waals surface area contributed by atoms with Crippen molar-refractivity contribution in [3.63, 3.8) is 0 Å². The minimum absolute atomic E-state index is 0.602. The van der Waals surface area contributed by atoms with Crippen molar-refractivity contribution in [2.24, 2.45) is 0 Å². The average molecular weight is 909 g/mol. The number of benzene rings is 11. The molecule has 0 saturated heterocycles. The summed E-state index contributed by atoms with van der Waals surface area (Å²) in [7, 11) is 0. The molecule has 3 heterocycles. The Balaban J connectivity index is 1.13. The van der Waals surface area contributed by atoms with Crippen molar-refractivity contribution in [1.29, 1.82) is 0 Å². The number of hydrogen-bond acceptors (Lipinski definition) is 4. The van der Waals surface area contributed by atoms with E-state index in [1.807, 2.05) is 18.2 Å². The molecule has 70 heavy (non-hydrogen) atoms. The molecule has 14 rings (SSSR count). The van der Waals surface area contributed by atoms with Crippen molar-refractivity contribution < 1.29 is 0 Å². The number of rotatable bonds is 7. The fourth-order valence-corrected chi connectivity index (χ4v) is 11.7. The van der Waals surface area contributed by atoms with Crippen LogP contribution in [-0.2, 0) is 0 Å². The van der Waals surface area contributed by atoms with Gasteiger partial charge in [-0.15, -0.1) is 11.3 Å². The van der Waals surface area contributed by atoms with Crippen LogP contribution in [0.25, 0.3) is 137 Å². The van der Waals surface area contributed by atoms with Crippen LogP contribution in [0, 0.1) is 0 Å².